The molecule has 110 valence electrons. The molecule has 2 rings (SSSR count). The second-order valence-corrected chi connectivity index (χ2v) is 5.54. The Balaban J connectivity index is 2.21. The van der Waals surface area contributed by atoms with Crippen molar-refractivity contribution in [3.8, 4) is 6.07 Å². The largest absolute Gasteiger partial charge is 0.381 e. The first-order valence-electron chi connectivity index (χ1n) is 6.23. The number of carbonyl (C=O) groups is 1. The minimum Gasteiger partial charge on any atom is -0.381 e. The molecule has 1 amide bonds. The summed E-state index contributed by atoms with van der Waals surface area (Å²) in [5.74, 6) is -0.454. The summed E-state index contributed by atoms with van der Waals surface area (Å²) in [5, 5.41) is 22.8. The van der Waals surface area contributed by atoms with Crippen LogP contribution in [-0.2, 0) is 9.53 Å². The van der Waals surface area contributed by atoms with Crippen LogP contribution < -0.4 is 5.32 Å². The number of carbonyl (C=O) groups excluding carboxylic acids is 1. The highest BCUT2D eigenvalue weighted by Crippen LogP contribution is 2.33. The summed E-state index contributed by atoms with van der Waals surface area (Å²) in [4.78, 5) is 22.6. The van der Waals surface area contributed by atoms with E-state index in [0.717, 1.165) is 0 Å². The Kier molecular flexibility index (Phi) is 4.55. The Morgan fingerprint density at radius 1 is 1.48 bits per heavy atom. The van der Waals surface area contributed by atoms with Crippen molar-refractivity contribution in [3.63, 3.8) is 0 Å². The summed E-state index contributed by atoms with van der Waals surface area (Å²) in [6, 6.07) is 6.33. The lowest BCUT2D eigenvalue weighted by Gasteiger charge is -2.29. The van der Waals surface area contributed by atoms with Crippen molar-refractivity contribution in [1.82, 2.24) is 0 Å². The summed E-state index contributed by atoms with van der Waals surface area (Å²) in [7, 11) is 0. The highest BCUT2D eigenvalue weighted by molar-refractivity contribution is 9.10. The third-order valence-corrected chi connectivity index (χ3v) is 4.07. The van der Waals surface area contributed by atoms with Gasteiger partial charge in [0.05, 0.1) is 15.5 Å². The molecule has 0 atom stereocenters. The second kappa shape index (κ2) is 6.20. The molecule has 0 saturated carbocycles. The van der Waals surface area contributed by atoms with E-state index < -0.39 is 16.2 Å². The maximum absolute atomic E-state index is 12.3. The van der Waals surface area contributed by atoms with Crippen LogP contribution in [0.5, 0.6) is 0 Å². The number of hydrogen-bond donors (Lipinski definition) is 1. The van der Waals surface area contributed by atoms with Crippen LogP contribution in [0.15, 0.2) is 22.7 Å². The molecule has 21 heavy (non-hydrogen) atoms. The average molecular weight is 354 g/mol. The highest BCUT2D eigenvalue weighted by Gasteiger charge is 2.40. The Bertz CT molecular complexity index is 620. The standard InChI is InChI=1S/C13H12BrN3O4/c14-10-2-1-9(7-11(10)17(19)20)16-12(18)13(8-15)3-5-21-6-4-13/h1-2,7H,3-6H2,(H,16,18). The van der Waals surface area contributed by atoms with Gasteiger partial charge >= 0.3 is 0 Å². The predicted octanol–water partition coefficient (Wildman–Crippen LogP) is 2.62. The molecule has 1 aliphatic rings. The lowest BCUT2D eigenvalue weighted by atomic mass is 9.81. The number of anilines is 1. The van der Waals surface area contributed by atoms with E-state index in [1.807, 2.05) is 0 Å². The van der Waals surface area contributed by atoms with Crippen LogP contribution in [-0.4, -0.2) is 24.0 Å². The van der Waals surface area contributed by atoms with Crippen LogP contribution in [0.2, 0.25) is 0 Å². The molecule has 0 aromatic heterocycles. The smallest absolute Gasteiger partial charge is 0.285 e. The number of hydrogen-bond acceptors (Lipinski definition) is 5. The van der Waals surface area contributed by atoms with Gasteiger partial charge in [0.15, 0.2) is 0 Å². The lowest BCUT2D eigenvalue weighted by Crippen LogP contribution is -2.39. The zero-order valence-corrected chi connectivity index (χ0v) is 12.6. The van der Waals surface area contributed by atoms with Crippen molar-refractivity contribution in [2.75, 3.05) is 18.5 Å². The monoisotopic (exact) mass is 353 g/mol. The molecule has 0 bridgehead atoms. The van der Waals surface area contributed by atoms with Crippen LogP contribution in [0.25, 0.3) is 0 Å². The SMILES string of the molecule is N#CC1(C(=O)Nc2ccc(Br)c([N+](=O)[O-])c2)CCOCC1. The number of nitro groups is 1. The van der Waals surface area contributed by atoms with E-state index in [1.54, 1.807) is 6.07 Å². The number of nitriles is 1. The summed E-state index contributed by atoms with van der Waals surface area (Å²) in [6.07, 6.45) is 0.627. The van der Waals surface area contributed by atoms with Gasteiger partial charge in [-0.1, -0.05) is 0 Å². The van der Waals surface area contributed by atoms with Crippen LogP contribution in [0.3, 0.4) is 0 Å². The van der Waals surface area contributed by atoms with Crippen molar-refractivity contribution in [1.29, 1.82) is 5.26 Å². The molecular weight excluding hydrogens is 342 g/mol. The molecule has 0 spiro atoms. The third-order valence-electron chi connectivity index (χ3n) is 3.40. The van der Waals surface area contributed by atoms with Gasteiger partial charge in [-0.05, 0) is 40.9 Å². The van der Waals surface area contributed by atoms with Crippen LogP contribution >= 0.6 is 15.9 Å². The Labute approximate surface area is 129 Å². The molecule has 7 nitrogen and oxygen atoms in total. The number of halogens is 1. The number of nitrogens with one attached hydrogen (secondary N) is 1. The van der Waals surface area contributed by atoms with E-state index in [4.69, 9.17) is 4.74 Å². The van der Waals surface area contributed by atoms with Gasteiger partial charge in [0.25, 0.3) is 5.69 Å². The fourth-order valence-electron chi connectivity index (χ4n) is 2.09. The van der Waals surface area contributed by atoms with E-state index >= 15 is 0 Å². The second-order valence-electron chi connectivity index (χ2n) is 4.68. The van der Waals surface area contributed by atoms with E-state index in [9.17, 15) is 20.2 Å². The lowest BCUT2D eigenvalue weighted by molar-refractivity contribution is -0.385. The van der Waals surface area contributed by atoms with Gasteiger partial charge < -0.3 is 10.1 Å². The fraction of sp³-hybridized carbons (Fsp3) is 0.385. The zero-order valence-electron chi connectivity index (χ0n) is 11.0. The molecular formula is C13H12BrN3O4. The van der Waals surface area contributed by atoms with Gasteiger partial charge in [-0.2, -0.15) is 5.26 Å². The van der Waals surface area contributed by atoms with Crippen LogP contribution in [0.4, 0.5) is 11.4 Å². The third kappa shape index (κ3) is 3.20. The maximum atomic E-state index is 12.3. The molecule has 1 aromatic rings. The van der Waals surface area contributed by atoms with Gasteiger partial charge in [0.2, 0.25) is 5.91 Å². The number of amides is 1. The van der Waals surface area contributed by atoms with Gasteiger partial charge in [-0.25, -0.2) is 0 Å². The van der Waals surface area contributed by atoms with Gasteiger partial charge in [-0.3, -0.25) is 14.9 Å². The number of benzene rings is 1. The Hall–Kier alpha value is -1.98. The number of nitro benzene ring substituents is 1. The molecule has 1 aromatic carbocycles. The maximum Gasteiger partial charge on any atom is 0.285 e. The van der Waals surface area contributed by atoms with Gasteiger partial charge in [0.1, 0.15) is 5.41 Å². The number of ether oxygens (including phenoxy) is 1. The molecule has 1 saturated heterocycles. The number of nitrogens with zero attached hydrogens (tertiary/aromatic N) is 2. The fourth-order valence-corrected chi connectivity index (χ4v) is 2.48. The van der Waals surface area contributed by atoms with E-state index in [-0.39, 0.29) is 11.4 Å². The van der Waals surface area contributed by atoms with E-state index in [1.165, 1.54) is 12.1 Å². The highest BCUT2D eigenvalue weighted by atomic mass is 79.9. The molecule has 1 heterocycles. The van der Waals surface area contributed by atoms with Gasteiger partial charge in [-0.15, -0.1) is 0 Å². The molecule has 1 aliphatic heterocycles. The summed E-state index contributed by atoms with van der Waals surface area (Å²) >= 11 is 3.07. The van der Waals surface area contributed by atoms with E-state index in [0.29, 0.717) is 30.5 Å². The van der Waals surface area contributed by atoms with Crippen molar-refractivity contribution < 1.29 is 14.5 Å². The first-order valence-corrected chi connectivity index (χ1v) is 7.02. The van der Waals surface area contributed by atoms with E-state index in [2.05, 4.69) is 27.3 Å². The first-order chi connectivity index (χ1) is 9.98. The van der Waals surface area contributed by atoms with Crippen molar-refractivity contribution >= 4 is 33.2 Å². The Morgan fingerprint density at radius 2 is 2.14 bits per heavy atom. The summed E-state index contributed by atoms with van der Waals surface area (Å²) in [6.45, 7) is 0.697. The average Bonchev–Trinajstić information content (AvgIpc) is 2.49. The predicted molar refractivity (Wildman–Crippen MR) is 77.5 cm³/mol. The number of rotatable bonds is 3. The summed E-state index contributed by atoms with van der Waals surface area (Å²) < 4.78 is 5.49. The molecule has 8 heteroatoms. The van der Waals surface area contributed by atoms with Gasteiger partial charge in [0, 0.05) is 25.0 Å². The van der Waals surface area contributed by atoms with Crippen molar-refractivity contribution in [2.45, 2.75) is 12.8 Å². The van der Waals surface area contributed by atoms with Crippen LogP contribution in [0, 0.1) is 26.9 Å². The van der Waals surface area contributed by atoms with Crippen molar-refractivity contribution in [3.05, 3.63) is 32.8 Å². The minimum atomic E-state index is -1.14. The zero-order chi connectivity index (χ0) is 15.5. The molecule has 1 N–H and O–H groups in total. The minimum absolute atomic E-state index is 0.147. The molecule has 0 radical (unpaired) electrons. The molecule has 1 fully saturated rings. The van der Waals surface area contributed by atoms with Crippen LogP contribution in [0.1, 0.15) is 12.8 Å². The quantitative estimate of drug-likeness (QED) is 0.664. The first kappa shape index (κ1) is 15.4. The topological polar surface area (TPSA) is 105 Å². The molecule has 0 aliphatic carbocycles. The Morgan fingerprint density at radius 3 is 2.71 bits per heavy atom. The normalized spacial score (nSPS) is 16.8. The van der Waals surface area contributed by atoms with Crippen molar-refractivity contribution in [2.24, 2.45) is 5.41 Å². The summed E-state index contributed by atoms with van der Waals surface area (Å²) in [5.41, 5.74) is -0.998. The molecule has 0 unspecified atom stereocenters.